The van der Waals surface area contributed by atoms with E-state index in [2.05, 4.69) is 56.0 Å². The van der Waals surface area contributed by atoms with E-state index < -0.39 is 5.72 Å². The lowest BCUT2D eigenvalue weighted by molar-refractivity contribution is -0.384. The number of unbranched alkanes of at least 4 members (excludes halogenated alkanes) is 7. The third-order valence-corrected chi connectivity index (χ3v) is 7.36. The van der Waals surface area contributed by atoms with Crippen LogP contribution in [0.4, 0.5) is 11.4 Å². The van der Waals surface area contributed by atoms with Crippen molar-refractivity contribution in [2.45, 2.75) is 83.3 Å². The topological polar surface area (TPSA) is 55.6 Å². The number of rotatable bonds is 10. The predicted molar refractivity (Wildman–Crippen MR) is 135 cm³/mol. The van der Waals surface area contributed by atoms with Gasteiger partial charge < -0.3 is 9.64 Å². The van der Waals surface area contributed by atoms with Gasteiger partial charge in [0.05, 0.1) is 10.3 Å². The first-order chi connectivity index (χ1) is 15.9. The van der Waals surface area contributed by atoms with Crippen molar-refractivity contribution in [3.8, 4) is 5.75 Å². The largest absolute Gasteiger partial charge is 0.463 e. The minimum atomic E-state index is -0.652. The first-order valence-corrected chi connectivity index (χ1v) is 12.4. The molecule has 1 spiro atoms. The SMILES string of the molecule is CCCCCCCCCCN1c2ccccc2C(C)(C)C12C=Cc1cc([N+](=O)[O-])ccc1O2. The fourth-order valence-electron chi connectivity index (χ4n) is 5.40. The summed E-state index contributed by atoms with van der Waals surface area (Å²) >= 11 is 0. The van der Waals surface area contributed by atoms with Crippen LogP contribution in [0.25, 0.3) is 6.08 Å². The van der Waals surface area contributed by atoms with Gasteiger partial charge in [-0.15, -0.1) is 0 Å². The fourth-order valence-corrected chi connectivity index (χ4v) is 5.40. The number of fused-ring (bicyclic) bond motifs is 2. The summed E-state index contributed by atoms with van der Waals surface area (Å²) in [7, 11) is 0. The molecule has 5 heteroatoms. The van der Waals surface area contributed by atoms with E-state index in [9.17, 15) is 10.1 Å². The molecule has 2 aliphatic rings. The van der Waals surface area contributed by atoms with Crippen molar-refractivity contribution in [3.05, 3.63) is 69.8 Å². The summed E-state index contributed by atoms with van der Waals surface area (Å²) in [5, 5.41) is 11.2. The van der Waals surface area contributed by atoms with Crippen LogP contribution in [0, 0.1) is 10.1 Å². The average Bonchev–Trinajstić information content (AvgIpc) is 2.99. The number of benzene rings is 2. The van der Waals surface area contributed by atoms with Gasteiger partial charge in [0.25, 0.3) is 5.69 Å². The summed E-state index contributed by atoms with van der Waals surface area (Å²) in [5.74, 6) is 0.699. The summed E-state index contributed by atoms with van der Waals surface area (Å²) in [6.45, 7) is 7.65. The lowest BCUT2D eigenvalue weighted by atomic mass is 9.76. The molecule has 1 unspecified atom stereocenters. The highest BCUT2D eigenvalue weighted by Crippen LogP contribution is 2.55. The molecular weight excluding hydrogens is 412 g/mol. The van der Waals surface area contributed by atoms with Crippen molar-refractivity contribution in [3.63, 3.8) is 0 Å². The standard InChI is InChI=1S/C28H36N2O3/c1-4-5-6-7-8-9-10-13-20-29-25-15-12-11-14-24(25)27(2,3)28(29)19-18-22-21-23(30(31)32)16-17-26(22)33-28/h11-12,14-19,21H,4-10,13,20H2,1-3H3. The zero-order valence-electron chi connectivity index (χ0n) is 20.2. The lowest BCUT2D eigenvalue weighted by Gasteiger charge is -2.47. The normalized spacial score (nSPS) is 19.9. The Morgan fingerprint density at radius 1 is 0.970 bits per heavy atom. The van der Waals surface area contributed by atoms with Crippen LogP contribution in [-0.4, -0.2) is 17.2 Å². The van der Waals surface area contributed by atoms with E-state index in [1.807, 2.05) is 6.08 Å². The molecule has 0 bridgehead atoms. The van der Waals surface area contributed by atoms with Gasteiger partial charge in [0.1, 0.15) is 5.75 Å². The number of non-ortho nitro benzene ring substituents is 1. The number of anilines is 1. The quantitative estimate of drug-likeness (QED) is 0.213. The second-order valence-corrected chi connectivity index (χ2v) is 9.88. The van der Waals surface area contributed by atoms with E-state index in [-0.39, 0.29) is 16.0 Å². The Labute approximate surface area is 197 Å². The molecule has 2 aromatic carbocycles. The predicted octanol–water partition coefficient (Wildman–Crippen LogP) is 7.64. The van der Waals surface area contributed by atoms with E-state index >= 15 is 0 Å². The molecule has 0 aliphatic carbocycles. The van der Waals surface area contributed by atoms with Gasteiger partial charge >= 0.3 is 0 Å². The molecule has 0 fully saturated rings. The third-order valence-electron chi connectivity index (χ3n) is 7.36. The third kappa shape index (κ3) is 4.25. The van der Waals surface area contributed by atoms with Crippen LogP contribution in [0.5, 0.6) is 5.75 Å². The summed E-state index contributed by atoms with van der Waals surface area (Å²) in [6.07, 6.45) is 14.4. The molecule has 2 aliphatic heterocycles. The first kappa shape index (κ1) is 23.3. The van der Waals surface area contributed by atoms with Crippen molar-refractivity contribution >= 4 is 17.5 Å². The Balaban J connectivity index is 1.55. The van der Waals surface area contributed by atoms with Gasteiger partial charge in [0.2, 0.25) is 5.72 Å². The van der Waals surface area contributed by atoms with Gasteiger partial charge in [-0.25, -0.2) is 0 Å². The molecule has 2 heterocycles. The van der Waals surface area contributed by atoms with E-state index in [0.717, 1.165) is 18.5 Å². The summed E-state index contributed by atoms with van der Waals surface area (Å²) < 4.78 is 6.76. The summed E-state index contributed by atoms with van der Waals surface area (Å²) in [5.41, 5.74) is 2.41. The first-order valence-electron chi connectivity index (χ1n) is 12.4. The van der Waals surface area contributed by atoms with Crippen molar-refractivity contribution in [2.24, 2.45) is 0 Å². The summed E-state index contributed by atoms with van der Waals surface area (Å²) in [4.78, 5) is 13.3. The number of nitro groups is 1. The van der Waals surface area contributed by atoms with E-state index in [1.54, 1.807) is 12.1 Å². The van der Waals surface area contributed by atoms with Crippen molar-refractivity contribution < 1.29 is 9.66 Å². The zero-order chi connectivity index (χ0) is 23.5. The monoisotopic (exact) mass is 448 g/mol. The van der Waals surface area contributed by atoms with Crippen LogP contribution in [0.3, 0.4) is 0 Å². The molecule has 0 N–H and O–H groups in total. The molecule has 176 valence electrons. The molecule has 0 amide bonds. The highest BCUT2D eigenvalue weighted by atomic mass is 16.6. The molecule has 4 rings (SSSR count). The van der Waals surface area contributed by atoms with Crippen LogP contribution in [0.2, 0.25) is 0 Å². The fraction of sp³-hybridized carbons (Fsp3) is 0.500. The van der Waals surface area contributed by atoms with Gasteiger partial charge in [0, 0.05) is 29.9 Å². The number of nitrogens with zero attached hydrogens (tertiary/aromatic N) is 2. The Hall–Kier alpha value is -2.82. The molecule has 1 atom stereocenters. The Morgan fingerprint density at radius 2 is 1.67 bits per heavy atom. The van der Waals surface area contributed by atoms with E-state index in [0.29, 0.717) is 5.75 Å². The van der Waals surface area contributed by atoms with Gasteiger partial charge in [-0.1, -0.05) is 70.1 Å². The number of hydrogen-bond donors (Lipinski definition) is 0. The van der Waals surface area contributed by atoms with Crippen LogP contribution >= 0.6 is 0 Å². The van der Waals surface area contributed by atoms with Gasteiger partial charge in [0.15, 0.2) is 0 Å². The minimum Gasteiger partial charge on any atom is -0.463 e. The number of ether oxygens (including phenoxy) is 1. The Morgan fingerprint density at radius 3 is 2.39 bits per heavy atom. The van der Waals surface area contributed by atoms with Gasteiger partial charge in [-0.3, -0.25) is 10.1 Å². The van der Waals surface area contributed by atoms with Crippen LogP contribution < -0.4 is 9.64 Å². The average molecular weight is 449 g/mol. The molecule has 2 aromatic rings. The van der Waals surface area contributed by atoms with Crippen LogP contribution in [0.1, 0.15) is 83.3 Å². The maximum absolute atomic E-state index is 11.2. The highest BCUT2D eigenvalue weighted by molar-refractivity contribution is 5.73. The van der Waals surface area contributed by atoms with Crippen LogP contribution in [-0.2, 0) is 5.41 Å². The molecule has 0 saturated heterocycles. The van der Waals surface area contributed by atoms with E-state index in [4.69, 9.17) is 4.74 Å². The maximum Gasteiger partial charge on any atom is 0.270 e. The van der Waals surface area contributed by atoms with Crippen molar-refractivity contribution in [1.82, 2.24) is 0 Å². The zero-order valence-corrected chi connectivity index (χ0v) is 20.2. The molecule has 0 radical (unpaired) electrons. The number of hydrogen-bond acceptors (Lipinski definition) is 4. The minimum absolute atomic E-state index is 0.0858. The summed E-state index contributed by atoms with van der Waals surface area (Å²) in [6, 6.07) is 13.5. The van der Waals surface area contributed by atoms with Crippen molar-refractivity contribution in [2.75, 3.05) is 11.4 Å². The smallest absolute Gasteiger partial charge is 0.270 e. The van der Waals surface area contributed by atoms with E-state index in [1.165, 1.54) is 62.3 Å². The Bertz CT molecular complexity index is 1030. The molecule has 5 nitrogen and oxygen atoms in total. The second-order valence-electron chi connectivity index (χ2n) is 9.88. The molecule has 0 aromatic heterocycles. The maximum atomic E-state index is 11.2. The number of nitro benzene ring substituents is 1. The molecule has 0 saturated carbocycles. The highest BCUT2D eigenvalue weighted by Gasteiger charge is 2.58. The van der Waals surface area contributed by atoms with Crippen LogP contribution in [0.15, 0.2) is 48.5 Å². The number of para-hydroxylation sites is 1. The van der Waals surface area contributed by atoms with Gasteiger partial charge in [-0.05, 0) is 50.1 Å². The Kier molecular flexibility index (Phi) is 6.78. The molecule has 33 heavy (non-hydrogen) atoms. The second kappa shape index (κ2) is 9.58. The molecular formula is C28H36N2O3. The van der Waals surface area contributed by atoms with Crippen molar-refractivity contribution in [1.29, 1.82) is 0 Å². The van der Waals surface area contributed by atoms with Gasteiger partial charge in [-0.2, -0.15) is 0 Å². The lowest BCUT2D eigenvalue weighted by Crippen LogP contribution is -2.59.